The van der Waals surface area contributed by atoms with E-state index in [9.17, 15) is 9.59 Å². The van der Waals surface area contributed by atoms with Crippen LogP contribution in [0.2, 0.25) is 0 Å². The lowest BCUT2D eigenvalue weighted by molar-refractivity contribution is -0.123. The van der Waals surface area contributed by atoms with Crippen LogP contribution in [0.4, 0.5) is 0 Å². The minimum absolute atomic E-state index is 0.0430. The van der Waals surface area contributed by atoms with E-state index in [0.29, 0.717) is 24.8 Å². The highest BCUT2D eigenvalue weighted by Gasteiger charge is 2.25. The van der Waals surface area contributed by atoms with Crippen LogP contribution in [-0.2, 0) is 11.3 Å². The van der Waals surface area contributed by atoms with Gasteiger partial charge < -0.3 is 10.1 Å². The van der Waals surface area contributed by atoms with Crippen LogP contribution in [0.3, 0.4) is 0 Å². The van der Waals surface area contributed by atoms with Crippen molar-refractivity contribution in [3.63, 3.8) is 0 Å². The lowest BCUT2D eigenvalue weighted by Crippen LogP contribution is -2.33. The summed E-state index contributed by atoms with van der Waals surface area (Å²) < 4.78 is 6.99. The van der Waals surface area contributed by atoms with Crippen molar-refractivity contribution < 1.29 is 9.53 Å². The molecule has 126 valence electrons. The third-order valence-electron chi connectivity index (χ3n) is 4.02. The molecule has 0 aliphatic heterocycles. The van der Waals surface area contributed by atoms with Gasteiger partial charge in [-0.1, -0.05) is 18.2 Å². The maximum Gasteiger partial charge on any atom is 0.258 e. The van der Waals surface area contributed by atoms with Gasteiger partial charge in [0.25, 0.3) is 11.5 Å². The van der Waals surface area contributed by atoms with Gasteiger partial charge in [-0.25, -0.2) is 4.98 Å². The molecule has 1 saturated carbocycles. The van der Waals surface area contributed by atoms with Crippen molar-refractivity contribution in [2.75, 3.05) is 13.2 Å². The van der Waals surface area contributed by atoms with Gasteiger partial charge in [-0.2, -0.15) is 0 Å². The zero-order valence-corrected chi connectivity index (χ0v) is 13.7. The number of amides is 1. The van der Waals surface area contributed by atoms with Gasteiger partial charge in [-0.05, 0) is 31.4 Å². The molecule has 1 N–H and O–H groups in total. The Labute approximate surface area is 140 Å². The fraction of sp³-hybridized carbons (Fsp3) is 0.389. The van der Waals surface area contributed by atoms with Crippen molar-refractivity contribution in [3.05, 3.63) is 58.3 Å². The minimum atomic E-state index is -0.214. The Hall–Kier alpha value is -2.63. The monoisotopic (exact) mass is 327 g/mol. The molecule has 1 amide bonds. The molecular formula is C18H21N3O3. The van der Waals surface area contributed by atoms with E-state index in [1.807, 2.05) is 31.2 Å². The molecule has 1 aliphatic rings. The molecule has 1 fully saturated rings. The number of para-hydroxylation sites is 1. The van der Waals surface area contributed by atoms with Gasteiger partial charge in [-0.3, -0.25) is 14.2 Å². The quantitative estimate of drug-likeness (QED) is 0.839. The molecule has 6 nitrogen and oxygen atoms in total. The van der Waals surface area contributed by atoms with E-state index in [0.717, 1.165) is 24.1 Å². The minimum Gasteiger partial charge on any atom is -0.484 e. The molecule has 2 aromatic rings. The van der Waals surface area contributed by atoms with Gasteiger partial charge in [0.15, 0.2) is 6.61 Å². The highest BCUT2D eigenvalue weighted by molar-refractivity contribution is 5.77. The van der Waals surface area contributed by atoms with Crippen molar-refractivity contribution in [1.82, 2.24) is 14.9 Å². The van der Waals surface area contributed by atoms with Crippen LogP contribution < -0.4 is 15.6 Å². The van der Waals surface area contributed by atoms with E-state index in [2.05, 4.69) is 10.3 Å². The highest BCUT2D eigenvalue weighted by atomic mass is 16.5. The number of aromatic nitrogens is 2. The molecule has 6 heteroatoms. The second-order valence-corrected chi connectivity index (χ2v) is 6.02. The van der Waals surface area contributed by atoms with Gasteiger partial charge in [0.05, 0.1) is 12.0 Å². The second-order valence-electron chi connectivity index (χ2n) is 6.02. The molecule has 24 heavy (non-hydrogen) atoms. The van der Waals surface area contributed by atoms with E-state index in [1.54, 1.807) is 12.4 Å². The summed E-state index contributed by atoms with van der Waals surface area (Å²) in [5.74, 6) is 0.947. The summed E-state index contributed by atoms with van der Waals surface area (Å²) in [5.41, 5.74) is 1.79. The topological polar surface area (TPSA) is 73.2 Å². The summed E-state index contributed by atoms with van der Waals surface area (Å²) in [6.45, 7) is 2.64. The summed E-state index contributed by atoms with van der Waals surface area (Å²) in [6, 6.07) is 9.14. The standard InChI is InChI=1S/C18H21N3O3/c1-13-4-2-3-5-16(13)24-11-17(22)19-8-9-21-12-20-15(10-18(21)23)14-6-7-14/h2-5,10,12,14H,6-9,11H2,1H3,(H,19,22). The Bertz CT molecular complexity index is 781. The van der Waals surface area contributed by atoms with Crippen LogP contribution in [0, 0.1) is 6.92 Å². The molecule has 3 rings (SSSR count). The zero-order valence-electron chi connectivity index (χ0n) is 13.7. The van der Waals surface area contributed by atoms with Crippen LogP contribution in [0.25, 0.3) is 0 Å². The predicted molar refractivity (Wildman–Crippen MR) is 90.2 cm³/mol. The molecule has 1 aromatic heterocycles. The summed E-state index contributed by atoms with van der Waals surface area (Å²) in [6.07, 6.45) is 3.80. The first-order chi connectivity index (χ1) is 11.6. The largest absolute Gasteiger partial charge is 0.484 e. The fourth-order valence-corrected chi connectivity index (χ4v) is 2.44. The maximum atomic E-state index is 12.0. The number of hydrogen-bond acceptors (Lipinski definition) is 4. The molecule has 0 bridgehead atoms. The van der Waals surface area contributed by atoms with Gasteiger partial charge in [0.2, 0.25) is 0 Å². The average molecular weight is 327 g/mol. The molecule has 0 unspecified atom stereocenters. The Kier molecular flexibility index (Phi) is 4.93. The Morgan fingerprint density at radius 1 is 1.38 bits per heavy atom. The Morgan fingerprint density at radius 2 is 2.17 bits per heavy atom. The van der Waals surface area contributed by atoms with E-state index in [4.69, 9.17) is 4.74 Å². The van der Waals surface area contributed by atoms with Crippen molar-refractivity contribution in [2.45, 2.75) is 32.2 Å². The Balaban J connectivity index is 1.43. The first-order valence-electron chi connectivity index (χ1n) is 8.15. The van der Waals surface area contributed by atoms with Crippen LogP contribution in [0.1, 0.15) is 30.0 Å². The summed E-state index contributed by atoms with van der Waals surface area (Å²) in [5, 5.41) is 2.75. The number of carbonyl (C=O) groups excluding carboxylic acids is 1. The molecule has 0 radical (unpaired) electrons. The highest BCUT2D eigenvalue weighted by Crippen LogP contribution is 2.38. The molecule has 1 aliphatic carbocycles. The smallest absolute Gasteiger partial charge is 0.258 e. The van der Waals surface area contributed by atoms with Crippen LogP contribution >= 0.6 is 0 Å². The van der Waals surface area contributed by atoms with Gasteiger partial charge in [0.1, 0.15) is 5.75 Å². The maximum absolute atomic E-state index is 12.0. The molecule has 1 aromatic carbocycles. The number of carbonyl (C=O) groups is 1. The number of rotatable bonds is 7. The molecule has 0 saturated heterocycles. The van der Waals surface area contributed by atoms with E-state index in [1.165, 1.54) is 4.57 Å². The number of nitrogens with one attached hydrogen (secondary N) is 1. The second kappa shape index (κ2) is 7.29. The van der Waals surface area contributed by atoms with Crippen LogP contribution in [0.5, 0.6) is 5.75 Å². The lowest BCUT2D eigenvalue weighted by Gasteiger charge is -2.10. The molecular weight excluding hydrogens is 306 g/mol. The van der Waals surface area contributed by atoms with Crippen molar-refractivity contribution in [1.29, 1.82) is 0 Å². The van der Waals surface area contributed by atoms with E-state index in [-0.39, 0.29) is 18.1 Å². The van der Waals surface area contributed by atoms with Crippen molar-refractivity contribution in [3.8, 4) is 5.75 Å². The zero-order chi connectivity index (χ0) is 16.9. The third-order valence-corrected chi connectivity index (χ3v) is 4.02. The van der Waals surface area contributed by atoms with Crippen LogP contribution in [-0.4, -0.2) is 28.6 Å². The van der Waals surface area contributed by atoms with E-state index >= 15 is 0 Å². The van der Waals surface area contributed by atoms with Gasteiger partial charge >= 0.3 is 0 Å². The number of hydrogen-bond donors (Lipinski definition) is 1. The molecule has 1 heterocycles. The van der Waals surface area contributed by atoms with Gasteiger partial charge in [-0.15, -0.1) is 0 Å². The molecule has 0 spiro atoms. The lowest BCUT2D eigenvalue weighted by atomic mass is 10.2. The van der Waals surface area contributed by atoms with Crippen molar-refractivity contribution in [2.24, 2.45) is 0 Å². The van der Waals surface area contributed by atoms with E-state index < -0.39 is 0 Å². The fourth-order valence-electron chi connectivity index (χ4n) is 2.44. The average Bonchev–Trinajstić information content (AvgIpc) is 3.40. The Morgan fingerprint density at radius 3 is 2.88 bits per heavy atom. The summed E-state index contributed by atoms with van der Waals surface area (Å²) in [4.78, 5) is 28.1. The number of aryl methyl sites for hydroxylation is 1. The summed E-state index contributed by atoms with van der Waals surface area (Å²) in [7, 11) is 0. The number of ether oxygens (including phenoxy) is 1. The number of nitrogens with zero attached hydrogens (tertiary/aromatic N) is 2. The van der Waals surface area contributed by atoms with Gasteiger partial charge in [0, 0.05) is 25.1 Å². The first kappa shape index (κ1) is 16.2. The summed E-state index contributed by atoms with van der Waals surface area (Å²) >= 11 is 0. The third kappa shape index (κ3) is 4.22. The van der Waals surface area contributed by atoms with Crippen molar-refractivity contribution >= 4 is 5.91 Å². The number of benzene rings is 1. The normalized spacial score (nSPS) is 13.5. The predicted octanol–water partition coefficient (Wildman–Crippen LogP) is 1.62. The van der Waals surface area contributed by atoms with Crippen LogP contribution in [0.15, 0.2) is 41.5 Å². The molecule has 0 atom stereocenters. The SMILES string of the molecule is Cc1ccccc1OCC(=O)NCCn1cnc(C2CC2)cc1=O. The first-order valence-corrected chi connectivity index (χ1v) is 8.15.